The van der Waals surface area contributed by atoms with Crippen molar-refractivity contribution in [1.82, 2.24) is 48.0 Å². The molecule has 406 valence electrons. The molecule has 3 unspecified atom stereocenters. The summed E-state index contributed by atoms with van der Waals surface area (Å²) in [5, 5.41) is 2.24. The molecule has 8 aromatic rings. The van der Waals surface area contributed by atoms with Gasteiger partial charge in [-0.25, -0.2) is 19.9 Å². The molecule has 79 heavy (non-hydrogen) atoms. The molecule has 17 rings (SSSR count). The summed E-state index contributed by atoms with van der Waals surface area (Å²) < 4.78 is 27.6. The Hall–Kier alpha value is -6.39. The van der Waals surface area contributed by atoms with Crippen LogP contribution in [0.2, 0.25) is 0 Å². The molecule has 7 aliphatic carbocycles. The van der Waals surface area contributed by atoms with Crippen LogP contribution in [0.5, 0.6) is 11.5 Å². The Morgan fingerprint density at radius 2 is 1.27 bits per heavy atom. The topological polar surface area (TPSA) is 140 Å². The zero-order valence-corrected chi connectivity index (χ0v) is 46.4. The van der Waals surface area contributed by atoms with Crippen molar-refractivity contribution in [1.29, 1.82) is 0 Å². The Bertz CT molecular complexity index is 3860. The van der Waals surface area contributed by atoms with Gasteiger partial charge in [-0.1, -0.05) is 0 Å². The van der Waals surface area contributed by atoms with Crippen molar-refractivity contribution in [3.63, 3.8) is 0 Å². The third kappa shape index (κ3) is 7.07. The molecule has 0 bridgehead atoms. The maximum atomic E-state index is 15.1. The minimum absolute atomic E-state index is 0.0640. The summed E-state index contributed by atoms with van der Waals surface area (Å²) in [7, 11) is 5.25. The lowest BCUT2D eigenvalue weighted by Gasteiger charge is -2.58. The van der Waals surface area contributed by atoms with Gasteiger partial charge in [-0.2, -0.15) is 11.8 Å². The number of thioether (sulfide) groups is 1. The lowest BCUT2D eigenvalue weighted by atomic mass is 9.45. The number of benzene rings is 2. The van der Waals surface area contributed by atoms with Crippen molar-refractivity contribution in [2.75, 3.05) is 46.4 Å². The first-order chi connectivity index (χ1) is 38.7. The summed E-state index contributed by atoms with van der Waals surface area (Å²) in [6, 6.07) is 19.8. The predicted molar refractivity (Wildman–Crippen MR) is 305 cm³/mol. The second-order valence-electron chi connectivity index (χ2n) is 25.5. The van der Waals surface area contributed by atoms with Crippen molar-refractivity contribution >= 4 is 67.7 Å². The van der Waals surface area contributed by atoms with E-state index in [1.54, 1.807) is 14.2 Å². The Morgan fingerprint density at radius 3 is 1.91 bits per heavy atom. The number of carbonyl (C=O) groups excluding carboxylic acids is 2. The van der Waals surface area contributed by atoms with Crippen molar-refractivity contribution in [2.24, 2.45) is 53.3 Å². The first kappa shape index (κ1) is 47.4. The summed E-state index contributed by atoms with van der Waals surface area (Å²) >= 11 is 1.82. The molecule has 2 aliphatic heterocycles. The SMILES string of the molecule is COc1cc(C(=O)N2C[C@H]3CC4C[C@@H]2[C@H]43)cc2nc(-c3cc4cc(C5C6C[C@@H]7[C@H]6[C@H]5CN7C(=O)c5cc(OC)c6c(c5)nc(-c5cc7cccnc7n5CC5CC5)n6C[C@H]5C[C@@H](OC)C5)cnc4n3CC3CC3)n(CCSC)c12. The van der Waals surface area contributed by atoms with E-state index in [4.69, 9.17) is 34.1 Å². The van der Waals surface area contributed by atoms with E-state index in [9.17, 15) is 4.79 Å². The maximum Gasteiger partial charge on any atom is 0.254 e. The van der Waals surface area contributed by atoms with Gasteiger partial charge >= 0.3 is 0 Å². The second kappa shape index (κ2) is 17.6. The Kier molecular flexibility index (Phi) is 10.5. The highest BCUT2D eigenvalue weighted by Gasteiger charge is 2.67. The largest absolute Gasteiger partial charge is 0.494 e. The lowest BCUT2D eigenvalue weighted by molar-refractivity contribution is -0.0472. The van der Waals surface area contributed by atoms with E-state index < -0.39 is 0 Å². The number of likely N-dealkylation sites (tertiary alicyclic amines) is 2. The minimum Gasteiger partial charge on any atom is -0.494 e. The summed E-state index contributed by atoms with van der Waals surface area (Å²) in [6.07, 6.45) is 16.8. The number of fused-ring (bicyclic) bond motifs is 4. The van der Waals surface area contributed by atoms with E-state index in [-0.39, 0.29) is 24.0 Å². The fourth-order valence-corrected chi connectivity index (χ4v) is 17.2. The van der Waals surface area contributed by atoms with Crippen LogP contribution in [0.3, 0.4) is 0 Å². The Morgan fingerprint density at radius 1 is 0.633 bits per heavy atom. The van der Waals surface area contributed by atoms with Crippen LogP contribution in [0, 0.1) is 53.3 Å². The molecular formula is C63H68N10O5S. The number of pyridine rings is 2. The molecule has 6 aromatic heterocycles. The van der Waals surface area contributed by atoms with Gasteiger partial charge in [0.2, 0.25) is 0 Å². The second-order valence-corrected chi connectivity index (χ2v) is 26.4. The fourth-order valence-electron chi connectivity index (χ4n) is 16.8. The number of carbonyl (C=O) groups is 2. The summed E-state index contributed by atoms with van der Waals surface area (Å²) in [6.45, 7) is 4.96. The summed E-state index contributed by atoms with van der Waals surface area (Å²) in [5.74, 6) is 9.90. The minimum atomic E-state index is 0.0640. The fraction of sp³-hybridized carbons (Fsp3) is 0.524. The normalized spacial score (nSPS) is 28.9. The summed E-state index contributed by atoms with van der Waals surface area (Å²) in [4.78, 5) is 54.8. The van der Waals surface area contributed by atoms with Crippen molar-refractivity contribution in [3.8, 4) is 34.5 Å². The van der Waals surface area contributed by atoms with E-state index in [1.165, 1.54) is 37.7 Å². The van der Waals surface area contributed by atoms with Crippen LogP contribution >= 0.6 is 11.8 Å². The van der Waals surface area contributed by atoms with Gasteiger partial charge in [0.05, 0.1) is 42.7 Å². The lowest BCUT2D eigenvalue weighted by Crippen LogP contribution is -2.57. The van der Waals surface area contributed by atoms with E-state index >= 15 is 4.79 Å². The molecule has 9 aliphatic rings. The average molecular weight is 1080 g/mol. The van der Waals surface area contributed by atoms with Gasteiger partial charge in [-0.3, -0.25) is 9.59 Å². The van der Waals surface area contributed by atoms with Gasteiger partial charge in [0, 0.05) is 98.5 Å². The molecule has 2 amide bonds. The van der Waals surface area contributed by atoms with Gasteiger partial charge in [0.25, 0.3) is 11.8 Å². The number of ether oxygens (including phenoxy) is 3. The Balaban J connectivity index is 0.686. The molecule has 0 radical (unpaired) electrons. The van der Waals surface area contributed by atoms with Crippen LogP contribution < -0.4 is 9.47 Å². The zero-order chi connectivity index (χ0) is 52.7. The van der Waals surface area contributed by atoms with Crippen LogP contribution in [0.1, 0.15) is 90.0 Å². The average Bonchev–Trinajstić information content (AvgIpc) is 3.59. The molecule has 2 aromatic carbocycles. The molecule has 0 spiro atoms. The smallest absolute Gasteiger partial charge is 0.254 e. The van der Waals surface area contributed by atoms with E-state index in [0.29, 0.717) is 81.9 Å². The molecule has 9 atom stereocenters. The number of imidazole rings is 2. The van der Waals surface area contributed by atoms with Crippen molar-refractivity contribution < 1.29 is 23.8 Å². The standard InChI is InChI=1S/C63H68N10O5S/c1-76-42-14-34(15-42)29-73-57-46(67-61(73)49-20-35-6-5-11-64-58(35)69(49)27-32-7-8-32)19-39(24-52(57)78-3)63(75)72-31-44-54(43-25-48(72)55(43)44)40-17-37-22-50(70(28-33-9-10-33)59(37)65-26-40)60-66-45-18-38(23-51(77-2)56(45)68(60)12-13-79-4)62(74)71-30-41-16-36-21-47(71)53(36)41/h5-6,11,17-20,22-24,26,32-34,36,41-44,47-48,53-55H,7-10,12-16,21,25,27-31H2,1-4H3/t34-,36?,41-,42+,43?,44+,47-,48-,53-,54?,55-/m1/s1. The van der Waals surface area contributed by atoms with E-state index in [1.807, 2.05) is 55.4 Å². The number of rotatable bonds is 17. The molecule has 8 heterocycles. The third-order valence-electron chi connectivity index (χ3n) is 21.3. The highest BCUT2D eigenvalue weighted by molar-refractivity contribution is 7.98. The van der Waals surface area contributed by atoms with Crippen LogP contribution in [-0.4, -0.2) is 124 Å². The number of aromatic nitrogens is 8. The molecule has 0 N–H and O–H groups in total. The van der Waals surface area contributed by atoms with Crippen LogP contribution in [0.15, 0.2) is 67.0 Å². The summed E-state index contributed by atoms with van der Waals surface area (Å²) in [5.41, 5.74) is 10.2. The zero-order valence-electron chi connectivity index (χ0n) is 45.6. The monoisotopic (exact) mass is 1080 g/mol. The van der Waals surface area contributed by atoms with Gasteiger partial charge in [0.1, 0.15) is 33.8 Å². The van der Waals surface area contributed by atoms with Gasteiger partial charge < -0.3 is 42.3 Å². The highest BCUT2D eigenvalue weighted by atomic mass is 32.2. The maximum absolute atomic E-state index is 15.1. The predicted octanol–water partition coefficient (Wildman–Crippen LogP) is 10.4. The van der Waals surface area contributed by atoms with Crippen molar-refractivity contribution in [2.45, 2.75) is 108 Å². The Labute approximate surface area is 463 Å². The molecule has 7 saturated carbocycles. The number of hydrogen-bond donors (Lipinski definition) is 0. The number of methoxy groups -OCH3 is 3. The van der Waals surface area contributed by atoms with Crippen LogP contribution in [0.25, 0.3) is 67.2 Å². The number of amides is 2. The molecule has 9 fully saturated rings. The first-order valence-electron chi connectivity index (χ1n) is 29.5. The van der Waals surface area contributed by atoms with Crippen LogP contribution in [0.4, 0.5) is 0 Å². The molecule has 2 saturated heterocycles. The number of aryl methyl sites for hydroxylation is 1. The van der Waals surface area contributed by atoms with Gasteiger partial charge in [0.15, 0.2) is 11.6 Å². The number of hydrogen-bond acceptors (Lipinski definition) is 10. The quantitative estimate of drug-likeness (QED) is 0.0866. The van der Waals surface area contributed by atoms with Gasteiger partial charge in [-0.15, -0.1) is 0 Å². The third-order valence-corrected chi connectivity index (χ3v) is 21.9. The highest BCUT2D eigenvalue weighted by Crippen LogP contribution is 2.68. The molecule has 15 nitrogen and oxygen atoms in total. The molecule has 16 heteroatoms. The molecular weight excluding hydrogens is 1010 g/mol. The van der Waals surface area contributed by atoms with E-state index in [0.717, 1.165) is 144 Å². The van der Waals surface area contributed by atoms with E-state index in [2.05, 4.69) is 64.8 Å². The first-order valence-corrected chi connectivity index (χ1v) is 30.9. The number of nitrogens with zero attached hydrogens (tertiary/aromatic N) is 10. The van der Waals surface area contributed by atoms with Gasteiger partial charge in [-0.05, 0) is 183 Å². The van der Waals surface area contributed by atoms with Crippen LogP contribution in [-0.2, 0) is 30.9 Å². The van der Waals surface area contributed by atoms with Crippen molar-refractivity contribution in [3.05, 3.63) is 83.7 Å².